The first kappa shape index (κ1) is 8.86. The molecule has 0 fully saturated rings. The summed E-state index contributed by atoms with van der Waals surface area (Å²) < 4.78 is 0. The number of rotatable bonds is 0. The summed E-state index contributed by atoms with van der Waals surface area (Å²) in [5, 5.41) is 0. The maximum atomic E-state index is 3.05. The van der Waals surface area contributed by atoms with Gasteiger partial charge in [-0.25, -0.2) is 12.2 Å². The Kier molecular flexibility index (Phi) is 6.62. The quantitative estimate of drug-likeness (QED) is 0.287. The topological polar surface area (TPSA) is 0 Å². The van der Waals surface area contributed by atoms with Crippen molar-refractivity contribution in [1.82, 2.24) is 0 Å². The summed E-state index contributed by atoms with van der Waals surface area (Å²) >= 11 is 0. The molecule has 0 aromatic carbocycles. The maximum absolute atomic E-state index is 3.05. The second-order valence-electron chi connectivity index (χ2n) is 1.39. The molecule has 0 radical (unpaired) electrons. The zero-order valence-corrected chi connectivity index (χ0v) is 8.22. The van der Waals surface area contributed by atoms with E-state index in [1.165, 1.54) is 0 Å². The Morgan fingerprint density at radius 3 is 2.88 bits per heavy atom. The normalized spacial score (nSPS) is 15.0. The Morgan fingerprint density at radius 1 is 1.12 bits per heavy atom. The Labute approximate surface area is 92.8 Å². The Morgan fingerprint density at radius 2 is 2.00 bits per heavy atom. The van der Waals surface area contributed by atoms with E-state index < -0.39 is 0 Å². The summed E-state index contributed by atoms with van der Waals surface area (Å²) in [4.78, 5) is 0. The predicted octanol–water partition coefficient (Wildman–Crippen LogP) is -1.13. The smallest absolute Gasteiger partial charge is 0.271 e. The van der Waals surface area contributed by atoms with Crippen LogP contribution in [0.25, 0.3) is 0 Å². The van der Waals surface area contributed by atoms with E-state index in [1.807, 2.05) is 24.3 Å². The molecule has 0 N–H and O–H groups in total. The third-order valence-corrected chi connectivity index (χ3v) is 0.808. The fourth-order valence-corrected chi connectivity index (χ4v) is 0.470. The zero-order chi connectivity index (χ0) is 4.95. The van der Waals surface area contributed by atoms with Crippen LogP contribution in [-0.2, 0) is 0 Å². The van der Waals surface area contributed by atoms with E-state index in [1.54, 1.807) is 0 Å². The van der Waals surface area contributed by atoms with Gasteiger partial charge in [-0.2, -0.15) is 0 Å². The minimum absolute atomic E-state index is 0. The fraction of sp³-hybridized carbons (Fsp3) is 0.143. The fourth-order valence-electron chi connectivity index (χ4n) is 0.470. The minimum Gasteiger partial charge on any atom is -0.271 e. The molecule has 0 saturated heterocycles. The van der Waals surface area contributed by atoms with Crippen molar-refractivity contribution in [2.45, 2.75) is 6.42 Å². The molecule has 0 aromatic heterocycles. The van der Waals surface area contributed by atoms with Gasteiger partial charge in [-0.05, 0) is 0 Å². The van der Waals surface area contributed by atoms with Gasteiger partial charge < -0.3 is 0 Å². The third-order valence-electron chi connectivity index (χ3n) is 0.808. The van der Waals surface area contributed by atoms with Crippen molar-refractivity contribution >= 4 is 0 Å². The molecule has 1 rings (SSSR count). The number of hydrogen-bond acceptors (Lipinski definition) is 0. The molecule has 0 heterocycles. The summed E-state index contributed by atoms with van der Waals surface area (Å²) in [6.07, 6.45) is 14.0. The van der Waals surface area contributed by atoms with E-state index >= 15 is 0 Å². The van der Waals surface area contributed by atoms with Gasteiger partial charge >= 0.3 is 51.4 Å². The van der Waals surface area contributed by atoms with Crippen LogP contribution in [0.3, 0.4) is 0 Å². The molecule has 0 amide bonds. The van der Waals surface area contributed by atoms with Crippen molar-refractivity contribution < 1.29 is 51.4 Å². The summed E-state index contributed by atoms with van der Waals surface area (Å²) in [7, 11) is 0. The monoisotopic (exact) mass is 130 g/mol. The van der Waals surface area contributed by atoms with E-state index in [2.05, 4.69) is 12.2 Å². The van der Waals surface area contributed by atoms with Crippen molar-refractivity contribution in [3.63, 3.8) is 0 Å². The molecule has 0 bridgehead atoms. The number of hydrogen-bond donors (Lipinski definition) is 0. The maximum Gasteiger partial charge on any atom is 1.00 e. The Balaban J connectivity index is 0.000000490. The molecule has 1 aliphatic rings. The summed E-state index contributed by atoms with van der Waals surface area (Å²) in [6, 6.07) is 0. The molecule has 8 heavy (non-hydrogen) atoms. The largest absolute Gasteiger partial charge is 1.00 e. The molecule has 1 heteroatoms. The molecule has 0 atom stereocenters. The predicted molar refractivity (Wildman–Crippen MR) is 30.7 cm³/mol. The van der Waals surface area contributed by atoms with Crippen LogP contribution in [0.15, 0.2) is 30.4 Å². The van der Waals surface area contributed by atoms with Crippen LogP contribution in [0.2, 0.25) is 0 Å². The minimum atomic E-state index is 0. The first-order valence-corrected chi connectivity index (χ1v) is 2.38. The average Bonchev–Trinajstić information content (AvgIpc) is 1.90. The van der Waals surface area contributed by atoms with Crippen molar-refractivity contribution in [2.24, 2.45) is 0 Å². The summed E-state index contributed by atoms with van der Waals surface area (Å²) in [5.74, 6) is 0. The van der Waals surface area contributed by atoms with Gasteiger partial charge in [0.25, 0.3) is 0 Å². The molecule has 0 saturated carbocycles. The first-order chi connectivity index (χ1) is 3.50. The van der Waals surface area contributed by atoms with E-state index in [4.69, 9.17) is 0 Å². The molecule has 0 aliphatic heterocycles. The molecule has 0 nitrogen and oxygen atoms in total. The third kappa shape index (κ3) is 3.81. The molecular formula is C7H7K. The summed E-state index contributed by atoms with van der Waals surface area (Å²) in [5.41, 5.74) is 0. The molecule has 0 unspecified atom stereocenters. The van der Waals surface area contributed by atoms with Crippen molar-refractivity contribution in [3.05, 3.63) is 36.5 Å². The zero-order valence-electron chi connectivity index (χ0n) is 5.09. The van der Waals surface area contributed by atoms with E-state index in [0.717, 1.165) is 6.42 Å². The van der Waals surface area contributed by atoms with Crippen LogP contribution in [0.5, 0.6) is 0 Å². The second kappa shape index (κ2) is 5.98. The molecular weight excluding hydrogens is 123 g/mol. The van der Waals surface area contributed by atoms with Gasteiger partial charge in [0.1, 0.15) is 0 Å². The summed E-state index contributed by atoms with van der Waals surface area (Å²) in [6.45, 7) is 0. The van der Waals surface area contributed by atoms with Gasteiger partial charge in [-0.1, -0.05) is 18.6 Å². The van der Waals surface area contributed by atoms with Crippen LogP contribution in [0.4, 0.5) is 0 Å². The van der Waals surface area contributed by atoms with Crippen LogP contribution in [0.1, 0.15) is 6.42 Å². The van der Waals surface area contributed by atoms with Crippen LogP contribution in [-0.4, -0.2) is 0 Å². The second-order valence-corrected chi connectivity index (χ2v) is 1.39. The molecule has 0 spiro atoms. The molecule has 1 aliphatic carbocycles. The van der Waals surface area contributed by atoms with E-state index in [0.29, 0.717) is 0 Å². The first-order valence-electron chi connectivity index (χ1n) is 2.38. The van der Waals surface area contributed by atoms with Crippen LogP contribution < -0.4 is 51.4 Å². The standard InChI is InChI=1S/C7H7.K/c1-2-4-6-7-5-3-1;/h1-5H,6H2;/q-1;+1. The molecule has 36 valence electrons. The van der Waals surface area contributed by atoms with Crippen molar-refractivity contribution in [2.75, 3.05) is 0 Å². The van der Waals surface area contributed by atoms with Gasteiger partial charge in [0, 0.05) is 0 Å². The van der Waals surface area contributed by atoms with Crippen LogP contribution >= 0.6 is 0 Å². The number of allylic oxidation sites excluding steroid dienone is 6. The SMILES string of the molecule is [C-]1=CC=CC=CC1.[K+]. The Hall–Kier alpha value is 0.856. The molecule has 0 aromatic rings. The van der Waals surface area contributed by atoms with Crippen molar-refractivity contribution in [3.8, 4) is 0 Å². The van der Waals surface area contributed by atoms with Crippen molar-refractivity contribution in [1.29, 1.82) is 0 Å². The van der Waals surface area contributed by atoms with Gasteiger partial charge in [-0.15, -0.1) is 6.08 Å². The van der Waals surface area contributed by atoms with E-state index in [9.17, 15) is 0 Å². The van der Waals surface area contributed by atoms with E-state index in [-0.39, 0.29) is 51.4 Å². The average molecular weight is 130 g/mol. The van der Waals surface area contributed by atoms with Gasteiger partial charge in [0.15, 0.2) is 0 Å². The van der Waals surface area contributed by atoms with Gasteiger partial charge in [0.2, 0.25) is 0 Å². The Bertz CT molecular complexity index is 106. The van der Waals surface area contributed by atoms with Crippen LogP contribution in [0, 0.1) is 6.08 Å². The van der Waals surface area contributed by atoms with Gasteiger partial charge in [-0.3, -0.25) is 6.08 Å². The van der Waals surface area contributed by atoms with Gasteiger partial charge in [0.05, 0.1) is 0 Å².